The van der Waals surface area contributed by atoms with Crippen LogP contribution < -0.4 is 10.1 Å². The molecule has 1 spiro atoms. The number of rotatable bonds is 11. The molecule has 2 atom stereocenters. The SMILES string of the molecule is O=S(=O)(CCO)c1cc(F)cc(OCC(O)CNC2COC3(CCN(S(=O)(=O)c4ccc5ncccc5c4)CC3)C2)c1. The molecule has 3 aromatic rings. The van der Waals surface area contributed by atoms with Crippen LogP contribution in [0.2, 0.25) is 0 Å². The fourth-order valence-corrected chi connectivity index (χ4v) is 7.95. The molecule has 2 aliphatic rings. The van der Waals surface area contributed by atoms with Gasteiger partial charge in [0.25, 0.3) is 0 Å². The fourth-order valence-electron chi connectivity index (χ4n) is 5.41. The number of sulfonamides is 1. The van der Waals surface area contributed by atoms with Gasteiger partial charge in [-0.3, -0.25) is 4.98 Å². The van der Waals surface area contributed by atoms with Crippen molar-refractivity contribution >= 4 is 30.8 Å². The average molecular weight is 624 g/mol. The number of sulfone groups is 1. The monoisotopic (exact) mass is 623 g/mol. The number of halogens is 1. The summed E-state index contributed by atoms with van der Waals surface area (Å²) in [5.41, 5.74) is 0.285. The predicted molar refractivity (Wildman–Crippen MR) is 152 cm³/mol. The second kappa shape index (κ2) is 12.5. The topological polar surface area (TPSA) is 155 Å². The number of ether oxygens (including phenoxy) is 2. The molecule has 1 aromatic heterocycles. The molecule has 2 saturated heterocycles. The van der Waals surface area contributed by atoms with E-state index in [2.05, 4.69) is 10.3 Å². The van der Waals surface area contributed by atoms with Crippen molar-refractivity contribution in [2.75, 3.05) is 45.2 Å². The summed E-state index contributed by atoms with van der Waals surface area (Å²) in [4.78, 5) is 4.18. The number of fused-ring (bicyclic) bond motifs is 1. The quantitative estimate of drug-likeness (QED) is 0.286. The van der Waals surface area contributed by atoms with Crippen molar-refractivity contribution in [2.24, 2.45) is 0 Å². The molecule has 3 N–H and O–H groups in total. The van der Waals surface area contributed by atoms with E-state index in [9.17, 15) is 26.3 Å². The second-order valence-corrected chi connectivity index (χ2v) is 14.7. The molecule has 2 unspecified atom stereocenters. The summed E-state index contributed by atoms with van der Waals surface area (Å²) in [6.45, 7) is 0.444. The second-order valence-electron chi connectivity index (χ2n) is 10.7. The number of aliphatic hydroxyl groups is 2. The predicted octanol–water partition coefficient (Wildman–Crippen LogP) is 1.48. The van der Waals surface area contributed by atoms with Crippen molar-refractivity contribution in [3.8, 4) is 5.75 Å². The van der Waals surface area contributed by atoms with Gasteiger partial charge in [0.15, 0.2) is 9.84 Å². The van der Waals surface area contributed by atoms with Gasteiger partial charge in [-0.1, -0.05) is 6.07 Å². The van der Waals surface area contributed by atoms with Crippen LogP contribution in [0.15, 0.2) is 64.5 Å². The van der Waals surface area contributed by atoms with Crippen LogP contribution in [0.3, 0.4) is 0 Å². The van der Waals surface area contributed by atoms with Crippen LogP contribution in [-0.4, -0.2) is 99.3 Å². The van der Waals surface area contributed by atoms with Crippen LogP contribution in [0.1, 0.15) is 19.3 Å². The van der Waals surface area contributed by atoms with Gasteiger partial charge in [0, 0.05) is 43.3 Å². The average Bonchev–Trinajstić information content (AvgIpc) is 3.36. The fraction of sp³-hybridized carbons (Fsp3) is 0.464. The summed E-state index contributed by atoms with van der Waals surface area (Å²) in [6.07, 6.45) is 2.45. The number of aliphatic hydroxyl groups excluding tert-OH is 2. The van der Waals surface area contributed by atoms with E-state index in [1.807, 2.05) is 6.07 Å². The van der Waals surface area contributed by atoms with Crippen LogP contribution in [0.5, 0.6) is 5.75 Å². The van der Waals surface area contributed by atoms with E-state index in [1.165, 1.54) is 4.31 Å². The first-order chi connectivity index (χ1) is 20.0. The third-order valence-corrected chi connectivity index (χ3v) is 11.3. The van der Waals surface area contributed by atoms with E-state index in [0.29, 0.717) is 39.0 Å². The summed E-state index contributed by atoms with van der Waals surface area (Å²) in [7, 11) is -7.52. The molecule has 2 aromatic carbocycles. The van der Waals surface area contributed by atoms with Crippen molar-refractivity contribution in [1.29, 1.82) is 0 Å². The standard InChI is InChI=1S/C28H34FN3O8S2/c29-21-13-24(15-26(14-21)41(35,36)11-10-33)39-19-23(34)17-31-22-16-28(40-18-22)5-8-32(9-6-28)42(37,38)25-3-4-27-20(12-25)2-1-7-30-27/h1-4,7,12-15,22-23,31,33-34H,5-6,8-11,16-19H2. The highest BCUT2D eigenvalue weighted by molar-refractivity contribution is 7.91. The molecule has 2 fully saturated rings. The maximum absolute atomic E-state index is 13.9. The Bertz CT molecular complexity index is 1630. The van der Waals surface area contributed by atoms with Gasteiger partial charge in [-0.05, 0) is 55.7 Å². The van der Waals surface area contributed by atoms with Crippen LogP contribution in [-0.2, 0) is 24.6 Å². The lowest BCUT2D eigenvalue weighted by molar-refractivity contribution is -0.0312. The summed E-state index contributed by atoms with van der Waals surface area (Å²) in [6, 6.07) is 11.5. The summed E-state index contributed by atoms with van der Waals surface area (Å²) in [5.74, 6) is -1.39. The number of pyridine rings is 1. The van der Waals surface area contributed by atoms with Gasteiger partial charge in [0.05, 0.1) is 39.9 Å². The molecule has 0 bridgehead atoms. The van der Waals surface area contributed by atoms with E-state index in [0.717, 1.165) is 29.1 Å². The minimum absolute atomic E-state index is 0.0456. The molecule has 0 aliphatic carbocycles. The van der Waals surface area contributed by atoms with E-state index < -0.39 is 49.7 Å². The van der Waals surface area contributed by atoms with E-state index >= 15 is 0 Å². The molecular weight excluding hydrogens is 589 g/mol. The smallest absolute Gasteiger partial charge is 0.243 e. The highest BCUT2D eigenvalue weighted by Crippen LogP contribution is 2.37. The molecule has 11 nitrogen and oxygen atoms in total. The first-order valence-electron chi connectivity index (χ1n) is 13.7. The molecule has 3 heterocycles. The van der Waals surface area contributed by atoms with Crippen molar-refractivity contribution in [3.05, 3.63) is 60.5 Å². The van der Waals surface area contributed by atoms with Crippen LogP contribution in [0, 0.1) is 5.82 Å². The molecule has 5 rings (SSSR count). The molecule has 228 valence electrons. The normalized spacial score (nSPS) is 20.2. The van der Waals surface area contributed by atoms with Crippen LogP contribution >= 0.6 is 0 Å². The van der Waals surface area contributed by atoms with Gasteiger partial charge in [-0.2, -0.15) is 4.31 Å². The largest absolute Gasteiger partial charge is 0.491 e. The molecule has 0 amide bonds. The molecular formula is C28H34FN3O8S2. The summed E-state index contributed by atoms with van der Waals surface area (Å²) < 4.78 is 77.9. The Hall–Kier alpha value is -2.72. The Balaban J connectivity index is 1.10. The highest BCUT2D eigenvalue weighted by atomic mass is 32.2. The minimum atomic E-state index is -3.86. The number of nitrogens with zero attached hydrogens (tertiary/aromatic N) is 2. The van der Waals surface area contributed by atoms with Gasteiger partial charge >= 0.3 is 0 Å². The molecule has 0 saturated carbocycles. The Labute approximate surface area is 244 Å². The maximum atomic E-state index is 13.9. The Morgan fingerprint density at radius 2 is 1.90 bits per heavy atom. The zero-order valence-corrected chi connectivity index (χ0v) is 24.5. The molecule has 2 aliphatic heterocycles. The van der Waals surface area contributed by atoms with Crippen molar-refractivity contribution in [1.82, 2.24) is 14.6 Å². The van der Waals surface area contributed by atoms with Gasteiger partial charge in [-0.25, -0.2) is 21.2 Å². The Morgan fingerprint density at radius 3 is 2.67 bits per heavy atom. The molecule has 14 heteroatoms. The van der Waals surface area contributed by atoms with Crippen LogP contribution in [0.25, 0.3) is 10.9 Å². The number of benzene rings is 2. The minimum Gasteiger partial charge on any atom is -0.491 e. The molecule has 42 heavy (non-hydrogen) atoms. The van der Waals surface area contributed by atoms with E-state index in [4.69, 9.17) is 14.6 Å². The summed E-state index contributed by atoms with van der Waals surface area (Å²) in [5, 5.41) is 23.4. The number of hydrogen-bond donors (Lipinski definition) is 3. The highest BCUT2D eigenvalue weighted by Gasteiger charge is 2.44. The number of nitrogens with one attached hydrogen (secondary N) is 1. The zero-order chi connectivity index (χ0) is 30.0. The van der Waals surface area contributed by atoms with Crippen LogP contribution in [0.4, 0.5) is 4.39 Å². The van der Waals surface area contributed by atoms with Gasteiger partial charge in [0.1, 0.15) is 24.3 Å². The summed E-state index contributed by atoms with van der Waals surface area (Å²) >= 11 is 0. The third kappa shape index (κ3) is 6.91. The third-order valence-electron chi connectivity index (χ3n) is 7.70. The Kier molecular flexibility index (Phi) is 9.13. The van der Waals surface area contributed by atoms with Crippen molar-refractivity contribution in [3.63, 3.8) is 0 Å². The van der Waals surface area contributed by atoms with Gasteiger partial charge in [-0.15, -0.1) is 0 Å². The molecule has 0 radical (unpaired) electrons. The lowest BCUT2D eigenvalue weighted by Crippen LogP contribution is -2.47. The first-order valence-corrected chi connectivity index (χ1v) is 16.8. The van der Waals surface area contributed by atoms with E-state index in [1.54, 1.807) is 30.5 Å². The lowest BCUT2D eigenvalue weighted by Gasteiger charge is -2.38. The first kappa shape index (κ1) is 30.7. The zero-order valence-electron chi connectivity index (χ0n) is 22.9. The Morgan fingerprint density at radius 1 is 1.12 bits per heavy atom. The number of hydrogen-bond acceptors (Lipinski definition) is 10. The van der Waals surface area contributed by atoms with E-state index in [-0.39, 0.29) is 34.7 Å². The van der Waals surface area contributed by atoms with Crippen molar-refractivity contribution < 1.29 is 40.9 Å². The maximum Gasteiger partial charge on any atom is 0.243 e. The van der Waals surface area contributed by atoms with Crippen molar-refractivity contribution in [2.45, 2.75) is 46.8 Å². The lowest BCUT2D eigenvalue weighted by atomic mass is 9.88. The number of aromatic nitrogens is 1. The number of piperidine rings is 1. The van der Waals surface area contributed by atoms with Gasteiger partial charge < -0.3 is 25.0 Å². The van der Waals surface area contributed by atoms with Gasteiger partial charge in [0.2, 0.25) is 10.0 Å².